The summed E-state index contributed by atoms with van der Waals surface area (Å²) >= 11 is 0. The van der Waals surface area contributed by atoms with Crippen molar-refractivity contribution in [2.24, 2.45) is 0 Å². The van der Waals surface area contributed by atoms with Gasteiger partial charge in [0.1, 0.15) is 5.76 Å². The summed E-state index contributed by atoms with van der Waals surface area (Å²) in [5.74, 6) is 0.974. The summed E-state index contributed by atoms with van der Waals surface area (Å²) < 4.78 is 5.16. The van der Waals surface area contributed by atoms with Gasteiger partial charge in [0.15, 0.2) is 11.5 Å². The molecular weight excluding hydrogens is 292 g/mol. The van der Waals surface area contributed by atoms with E-state index < -0.39 is 0 Å². The quantitative estimate of drug-likeness (QED) is 0.757. The first-order valence-corrected chi connectivity index (χ1v) is 7.19. The molecule has 0 saturated carbocycles. The first-order valence-electron chi connectivity index (χ1n) is 7.19. The van der Waals surface area contributed by atoms with Crippen molar-refractivity contribution in [3.8, 4) is 0 Å². The summed E-state index contributed by atoms with van der Waals surface area (Å²) in [5.41, 5.74) is 2.32. The number of aromatic nitrogens is 2. The Bertz CT molecular complexity index is 783. The third-order valence-electron chi connectivity index (χ3n) is 3.31. The zero-order valence-corrected chi connectivity index (χ0v) is 12.6. The van der Waals surface area contributed by atoms with Crippen LogP contribution in [0.5, 0.6) is 0 Å². The lowest BCUT2D eigenvalue weighted by Gasteiger charge is -2.08. The van der Waals surface area contributed by atoms with Crippen LogP contribution in [0.15, 0.2) is 59.2 Å². The van der Waals surface area contributed by atoms with Gasteiger partial charge in [-0.05, 0) is 42.8 Å². The Morgan fingerprint density at radius 3 is 2.65 bits per heavy atom. The predicted molar refractivity (Wildman–Crippen MR) is 86.4 cm³/mol. The second-order valence-electron chi connectivity index (χ2n) is 5.01. The van der Waals surface area contributed by atoms with Crippen LogP contribution < -0.4 is 10.6 Å². The molecule has 2 heterocycles. The Morgan fingerprint density at radius 2 is 1.96 bits per heavy atom. The van der Waals surface area contributed by atoms with Crippen LogP contribution in [-0.2, 0) is 6.54 Å². The van der Waals surface area contributed by atoms with Gasteiger partial charge in [0.2, 0.25) is 0 Å². The van der Waals surface area contributed by atoms with Gasteiger partial charge < -0.3 is 15.1 Å². The minimum Gasteiger partial charge on any atom is -0.467 e. The zero-order valence-electron chi connectivity index (χ0n) is 12.6. The van der Waals surface area contributed by atoms with Crippen LogP contribution in [-0.4, -0.2) is 16.1 Å². The number of nitrogens with zero attached hydrogens (tertiary/aromatic N) is 2. The fourth-order valence-electron chi connectivity index (χ4n) is 2.04. The van der Waals surface area contributed by atoms with E-state index >= 15 is 0 Å². The Morgan fingerprint density at radius 1 is 1.09 bits per heavy atom. The fraction of sp³-hybridized carbons (Fsp3) is 0.118. The molecule has 3 aromatic rings. The summed E-state index contributed by atoms with van der Waals surface area (Å²) in [6, 6.07) is 14.8. The van der Waals surface area contributed by atoms with E-state index in [-0.39, 0.29) is 11.6 Å². The Balaban J connectivity index is 1.62. The van der Waals surface area contributed by atoms with Gasteiger partial charge in [0.05, 0.1) is 12.8 Å². The molecule has 0 spiro atoms. The molecule has 0 unspecified atom stereocenters. The number of hydrogen-bond acceptors (Lipinski definition) is 5. The van der Waals surface area contributed by atoms with Gasteiger partial charge in [-0.1, -0.05) is 18.2 Å². The Labute approximate surface area is 133 Å². The molecule has 0 aliphatic carbocycles. The van der Waals surface area contributed by atoms with Crippen molar-refractivity contribution in [1.82, 2.24) is 15.5 Å². The molecule has 116 valence electrons. The lowest BCUT2D eigenvalue weighted by molar-refractivity contribution is 0.0942. The molecule has 0 radical (unpaired) electrons. The van der Waals surface area contributed by atoms with Crippen LogP contribution in [0.4, 0.5) is 11.5 Å². The number of furan rings is 1. The fourth-order valence-corrected chi connectivity index (χ4v) is 2.04. The summed E-state index contributed by atoms with van der Waals surface area (Å²) in [5, 5.41) is 13.9. The van der Waals surface area contributed by atoms with Crippen LogP contribution in [0, 0.1) is 6.92 Å². The van der Waals surface area contributed by atoms with Crippen molar-refractivity contribution in [3.63, 3.8) is 0 Å². The highest BCUT2D eigenvalue weighted by Gasteiger charge is 2.09. The van der Waals surface area contributed by atoms with Gasteiger partial charge in [-0.25, -0.2) is 0 Å². The zero-order chi connectivity index (χ0) is 16.1. The van der Waals surface area contributed by atoms with Gasteiger partial charge in [0.25, 0.3) is 5.91 Å². The molecule has 3 rings (SSSR count). The Kier molecular flexibility index (Phi) is 4.33. The maximum absolute atomic E-state index is 12.0. The number of hydrogen-bond donors (Lipinski definition) is 2. The van der Waals surface area contributed by atoms with E-state index in [1.54, 1.807) is 30.5 Å². The molecule has 0 aliphatic heterocycles. The smallest absolute Gasteiger partial charge is 0.272 e. The summed E-state index contributed by atoms with van der Waals surface area (Å²) in [4.78, 5) is 12.0. The van der Waals surface area contributed by atoms with Crippen molar-refractivity contribution in [3.05, 3.63) is 71.8 Å². The SMILES string of the molecule is Cc1ccccc1Nc1ccc(C(=O)NCc2ccco2)nn1. The number of carbonyl (C=O) groups is 1. The molecule has 2 N–H and O–H groups in total. The third-order valence-corrected chi connectivity index (χ3v) is 3.31. The minimum atomic E-state index is -0.295. The van der Waals surface area contributed by atoms with Crippen molar-refractivity contribution in [2.75, 3.05) is 5.32 Å². The molecule has 1 amide bonds. The van der Waals surface area contributed by atoms with E-state index in [1.165, 1.54) is 0 Å². The van der Waals surface area contributed by atoms with Gasteiger partial charge in [0, 0.05) is 5.69 Å². The molecule has 0 fully saturated rings. The van der Waals surface area contributed by atoms with E-state index in [0.29, 0.717) is 18.1 Å². The second-order valence-corrected chi connectivity index (χ2v) is 5.01. The van der Waals surface area contributed by atoms with Crippen LogP contribution in [0.3, 0.4) is 0 Å². The number of anilines is 2. The van der Waals surface area contributed by atoms with Crippen molar-refractivity contribution in [2.45, 2.75) is 13.5 Å². The van der Waals surface area contributed by atoms with Crippen molar-refractivity contribution in [1.29, 1.82) is 0 Å². The lowest BCUT2D eigenvalue weighted by Crippen LogP contribution is -2.23. The van der Waals surface area contributed by atoms with Crippen LogP contribution in [0.25, 0.3) is 0 Å². The number of aryl methyl sites for hydroxylation is 1. The predicted octanol–water partition coefficient (Wildman–Crippen LogP) is 3.05. The molecule has 23 heavy (non-hydrogen) atoms. The topological polar surface area (TPSA) is 80.0 Å². The van der Waals surface area contributed by atoms with Gasteiger partial charge >= 0.3 is 0 Å². The molecule has 0 atom stereocenters. The molecule has 6 nitrogen and oxygen atoms in total. The number of benzene rings is 1. The maximum atomic E-state index is 12.0. The standard InChI is InChI=1S/C17H16N4O2/c1-12-5-2-3-7-14(12)19-16-9-8-15(20-21-16)17(22)18-11-13-6-4-10-23-13/h2-10H,11H2,1H3,(H,18,22)(H,19,21). The highest BCUT2D eigenvalue weighted by molar-refractivity contribution is 5.92. The normalized spacial score (nSPS) is 10.3. The Hall–Kier alpha value is -3.15. The van der Waals surface area contributed by atoms with E-state index in [2.05, 4.69) is 20.8 Å². The van der Waals surface area contributed by atoms with E-state index in [1.807, 2.05) is 31.2 Å². The summed E-state index contributed by atoms with van der Waals surface area (Å²) in [7, 11) is 0. The van der Waals surface area contributed by atoms with E-state index in [4.69, 9.17) is 4.42 Å². The average molecular weight is 308 g/mol. The minimum absolute atomic E-state index is 0.256. The molecule has 6 heteroatoms. The molecule has 0 aliphatic rings. The van der Waals surface area contributed by atoms with E-state index in [0.717, 1.165) is 11.3 Å². The lowest BCUT2D eigenvalue weighted by atomic mass is 10.2. The number of para-hydroxylation sites is 1. The van der Waals surface area contributed by atoms with Crippen LogP contribution in [0.1, 0.15) is 21.8 Å². The number of rotatable bonds is 5. The highest BCUT2D eigenvalue weighted by atomic mass is 16.3. The monoisotopic (exact) mass is 308 g/mol. The molecule has 1 aromatic carbocycles. The van der Waals surface area contributed by atoms with Gasteiger partial charge in [-0.3, -0.25) is 4.79 Å². The molecular formula is C17H16N4O2. The van der Waals surface area contributed by atoms with Crippen LogP contribution >= 0.6 is 0 Å². The molecule has 0 bridgehead atoms. The van der Waals surface area contributed by atoms with E-state index in [9.17, 15) is 4.79 Å². The van der Waals surface area contributed by atoms with Crippen molar-refractivity contribution >= 4 is 17.4 Å². The second kappa shape index (κ2) is 6.74. The first-order chi connectivity index (χ1) is 11.2. The first kappa shape index (κ1) is 14.8. The van der Waals surface area contributed by atoms with Crippen LogP contribution in [0.2, 0.25) is 0 Å². The number of carbonyl (C=O) groups excluding carboxylic acids is 1. The maximum Gasteiger partial charge on any atom is 0.272 e. The largest absolute Gasteiger partial charge is 0.467 e. The van der Waals surface area contributed by atoms with Gasteiger partial charge in [-0.15, -0.1) is 10.2 Å². The summed E-state index contributed by atoms with van der Waals surface area (Å²) in [6.45, 7) is 2.32. The summed E-state index contributed by atoms with van der Waals surface area (Å²) in [6.07, 6.45) is 1.56. The average Bonchev–Trinajstić information content (AvgIpc) is 3.09. The number of amides is 1. The number of nitrogens with one attached hydrogen (secondary N) is 2. The van der Waals surface area contributed by atoms with Crippen molar-refractivity contribution < 1.29 is 9.21 Å². The van der Waals surface area contributed by atoms with Gasteiger partial charge in [-0.2, -0.15) is 0 Å². The third kappa shape index (κ3) is 3.74. The molecule has 0 saturated heterocycles. The highest BCUT2D eigenvalue weighted by Crippen LogP contribution is 2.17. The molecule has 2 aromatic heterocycles.